The fourth-order valence-corrected chi connectivity index (χ4v) is 4.53. The molecular formula is C27H34N8O3. The van der Waals surface area contributed by atoms with Crippen molar-refractivity contribution >= 4 is 28.9 Å². The maximum Gasteiger partial charge on any atom is 0.407 e. The summed E-state index contributed by atoms with van der Waals surface area (Å²) in [6.45, 7) is 10.9. The Morgan fingerprint density at radius 2 is 2.03 bits per heavy atom. The number of nitrogens with zero attached hydrogens (tertiary/aromatic N) is 6. The van der Waals surface area contributed by atoms with Gasteiger partial charge in [-0.3, -0.25) is 9.58 Å². The van der Waals surface area contributed by atoms with E-state index in [9.17, 15) is 4.79 Å². The summed E-state index contributed by atoms with van der Waals surface area (Å²) in [5.41, 5.74) is 4.68. The number of rotatable bonds is 9. The first-order valence-corrected chi connectivity index (χ1v) is 13.0. The van der Waals surface area contributed by atoms with Gasteiger partial charge in [0.1, 0.15) is 11.3 Å². The molecule has 1 amide bonds. The number of fused-ring (bicyclic) bond motifs is 1. The number of hydrogen-bond acceptors (Lipinski definition) is 7. The summed E-state index contributed by atoms with van der Waals surface area (Å²) < 4.78 is 8.20. The second kappa shape index (κ2) is 11.1. The number of carboxylic acid groups (broad SMARTS) is 1. The van der Waals surface area contributed by atoms with Crippen LogP contribution in [0.3, 0.4) is 0 Å². The molecular weight excluding hydrogens is 484 g/mol. The molecule has 1 aliphatic rings. The van der Waals surface area contributed by atoms with Crippen LogP contribution < -0.4 is 10.1 Å². The lowest BCUT2D eigenvalue weighted by molar-refractivity contribution is 0.103. The van der Waals surface area contributed by atoms with Gasteiger partial charge in [-0.1, -0.05) is 13.8 Å². The van der Waals surface area contributed by atoms with E-state index in [1.807, 2.05) is 41.3 Å². The van der Waals surface area contributed by atoms with Gasteiger partial charge in [0.2, 0.25) is 5.95 Å². The molecule has 1 aliphatic heterocycles. The third-order valence-corrected chi connectivity index (χ3v) is 6.56. The minimum atomic E-state index is -0.855. The molecule has 0 saturated carbocycles. The van der Waals surface area contributed by atoms with Gasteiger partial charge in [0.05, 0.1) is 18.3 Å². The number of benzene rings is 1. The smallest absolute Gasteiger partial charge is 0.407 e. The zero-order valence-corrected chi connectivity index (χ0v) is 22.0. The monoisotopic (exact) mass is 518 g/mol. The number of ether oxygens (including phenoxy) is 1. The van der Waals surface area contributed by atoms with Crippen molar-refractivity contribution in [3.63, 3.8) is 0 Å². The second-order valence-electron chi connectivity index (χ2n) is 9.93. The van der Waals surface area contributed by atoms with Crippen molar-refractivity contribution in [1.82, 2.24) is 34.5 Å². The Kier molecular flexibility index (Phi) is 7.45. The van der Waals surface area contributed by atoms with E-state index in [1.165, 1.54) is 4.90 Å². The quantitative estimate of drug-likeness (QED) is 0.298. The molecule has 4 aromatic rings. The summed E-state index contributed by atoms with van der Waals surface area (Å²) in [6, 6.07) is 7.99. The number of nitrogens with one attached hydrogen (secondary N) is 2. The number of amides is 1. The first-order valence-electron chi connectivity index (χ1n) is 13.0. The fraction of sp³-hybridized carbons (Fsp3) is 0.407. The summed E-state index contributed by atoms with van der Waals surface area (Å²) in [5.74, 6) is 2.39. The molecule has 0 atom stereocenters. The number of hydrogen-bond donors (Lipinski definition) is 3. The molecule has 4 heterocycles. The molecule has 38 heavy (non-hydrogen) atoms. The summed E-state index contributed by atoms with van der Waals surface area (Å²) >= 11 is 0. The van der Waals surface area contributed by atoms with Crippen molar-refractivity contribution in [2.75, 3.05) is 38.1 Å². The normalized spacial score (nSPS) is 14.4. The molecule has 0 aliphatic carbocycles. The summed E-state index contributed by atoms with van der Waals surface area (Å²) in [7, 11) is 0. The molecule has 0 radical (unpaired) electrons. The Labute approximate surface area is 221 Å². The minimum Gasteiger partial charge on any atom is -0.490 e. The van der Waals surface area contributed by atoms with Crippen LogP contribution in [0.15, 0.2) is 42.9 Å². The van der Waals surface area contributed by atoms with E-state index in [1.54, 1.807) is 6.20 Å². The van der Waals surface area contributed by atoms with Crippen LogP contribution in [0.2, 0.25) is 0 Å². The van der Waals surface area contributed by atoms with Crippen LogP contribution in [0, 0.1) is 5.92 Å². The van der Waals surface area contributed by atoms with Gasteiger partial charge in [-0.05, 0) is 42.7 Å². The van der Waals surface area contributed by atoms with Crippen LogP contribution in [0.1, 0.15) is 26.3 Å². The fourth-order valence-electron chi connectivity index (χ4n) is 4.53. The molecule has 0 unspecified atom stereocenters. The van der Waals surface area contributed by atoms with Crippen LogP contribution >= 0.6 is 0 Å². The molecule has 1 aromatic carbocycles. The van der Waals surface area contributed by atoms with Crippen molar-refractivity contribution in [2.45, 2.75) is 33.9 Å². The predicted octanol–water partition coefficient (Wildman–Crippen LogP) is 4.42. The average molecular weight is 519 g/mol. The van der Waals surface area contributed by atoms with Crippen LogP contribution in [0.4, 0.5) is 16.6 Å². The van der Waals surface area contributed by atoms with Gasteiger partial charge >= 0.3 is 6.09 Å². The maximum absolute atomic E-state index is 11.2. The first-order chi connectivity index (χ1) is 18.4. The molecule has 5 rings (SSSR count). The molecule has 200 valence electrons. The number of pyridine rings is 1. The predicted molar refractivity (Wildman–Crippen MR) is 146 cm³/mol. The van der Waals surface area contributed by atoms with Gasteiger partial charge in [0.15, 0.2) is 5.75 Å². The largest absolute Gasteiger partial charge is 0.490 e. The third-order valence-electron chi connectivity index (χ3n) is 6.56. The Bertz CT molecular complexity index is 1400. The zero-order valence-electron chi connectivity index (χ0n) is 22.0. The number of piperazine rings is 1. The van der Waals surface area contributed by atoms with E-state index in [4.69, 9.17) is 14.8 Å². The summed E-state index contributed by atoms with van der Waals surface area (Å²) in [4.78, 5) is 27.5. The summed E-state index contributed by atoms with van der Waals surface area (Å²) in [6.07, 6.45) is 4.80. The molecule has 1 fully saturated rings. The topological polar surface area (TPSA) is 124 Å². The zero-order chi connectivity index (χ0) is 26.6. The van der Waals surface area contributed by atoms with Crippen LogP contribution in [0.25, 0.3) is 22.2 Å². The Morgan fingerprint density at radius 3 is 2.74 bits per heavy atom. The number of anilines is 2. The van der Waals surface area contributed by atoms with Crippen LogP contribution in [-0.4, -0.2) is 78.5 Å². The van der Waals surface area contributed by atoms with Crippen molar-refractivity contribution in [2.24, 2.45) is 5.92 Å². The van der Waals surface area contributed by atoms with E-state index in [0.29, 0.717) is 50.5 Å². The highest BCUT2D eigenvalue weighted by molar-refractivity contribution is 5.92. The van der Waals surface area contributed by atoms with Crippen molar-refractivity contribution in [3.8, 4) is 16.9 Å². The number of aromatic nitrogens is 5. The number of aryl methyl sites for hydroxylation is 1. The lowest BCUT2D eigenvalue weighted by Gasteiger charge is -2.33. The highest BCUT2D eigenvalue weighted by atomic mass is 16.5. The Balaban J connectivity index is 1.36. The van der Waals surface area contributed by atoms with Gasteiger partial charge in [-0.15, -0.1) is 0 Å². The highest BCUT2D eigenvalue weighted by Crippen LogP contribution is 2.37. The third kappa shape index (κ3) is 5.72. The molecule has 0 spiro atoms. The lowest BCUT2D eigenvalue weighted by Crippen LogP contribution is -2.47. The van der Waals surface area contributed by atoms with Gasteiger partial charge in [0, 0.05) is 62.8 Å². The molecule has 11 heteroatoms. The van der Waals surface area contributed by atoms with Crippen molar-refractivity contribution in [1.29, 1.82) is 0 Å². The van der Waals surface area contributed by atoms with Crippen molar-refractivity contribution < 1.29 is 14.6 Å². The molecule has 0 bridgehead atoms. The standard InChI is InChI=1S/C27H34N8O3/c1-4-35-16-20(14-29-35)21-5-6-22-24(25(21)38-17-18(2)3)32-26(30-22)31-23-13-19(7-8-28-23)15-33-9-11-34(12-10-33)27(36)37/h5-8,13-14,16,18H,4,9-12,15,17H2,1-3H3,(H,36,37)(H2,28,30,31,32). The minimum absolute atomic E-state index is 0.371. The molecule has 3 aromatic heterocycles. The van der Waals surface area contributed by atoms with Crippen LogP contribution in [0.5, 0.6) is 5.75 Å². The van der Waals surface area contributed by atoms with Gasteiger partial charge in [-0.2, -0.15) is 5.10 Å². The average Bonchev–Trinajstić information content (AvgIpc) is 3.54. The van der Waals surface area contributed by atoms with Gasteiger partial charge < -0.3 is 25.0 Å². The Hall–Kier alpha value is -4.12. The summed E-state index contributed by atoms with van der Waals surface area (Å²) in [5, 5.41) is 16.9. The second-order valence-corrected chi connectivity index (χ2v) is 9.93. The van der Waals surface area contributed by atoms with Crippen LogP contribution in [-0.2, 0) is 13.1 Å². The van der Waals surface area contributed by atoms with E-state index in [-0.39, 0.29) is 0 Å². The first kappa shape index (κ1) is 25.5. The maximum atomic E-state index is 11.2. The van der Waals surface area contributed by atoms with E-state index < -0.39 is 6.09 Å². The van der Waals surface area contributed by atoms with E-state index in [0.717, 1.165) is 46.6 Å². The van der Waals surface area contributed by atoms with Gasteiger partial charge in [-0.25, -0.2) is 14.8 Å². The number of aromatic amines is 1. The molecule has 3 N–H and O–H groups in total. The van der Waals surface area contributed by atoms with E-state index in [2.05, 4.69) is 46.1 Å². The highest BCUT2D eigenvalue weighted by Gasteiger charge is 2.21. The number of H-pyrrole nitrogens is 1. The lowest BCUT2D eigenvalue weighted by atomic mass is 10.1. The van der Waals surface area contributed by atoms with E-state index >= 15 is 0 Å². The number of imidazole rings is 1. The molecule has 1 saturated heterocycles. The SMILES string of the molecule is CCn1cc(-c2ccc3nc(Nc4cc(CN5CCN(C(=O)O)CC5)ccn4)[nH]c3c2OCC(C)C)cn1. The number of carbonyl (C=O) groups is 1. The van der Waals surface area contributed by atoms with Gasteiger partial charge in [0.25, 0.3) is 0 Å². The van der Waals surface area contributed by atoms with Crippen molar-refractivity contribution in [3.05, 3.63) is 48.4 Å². The Morgan fingerprint density at radius 1 is 1.21 bits per heavy atom. The molecule has 11 nitrogen and oxygen atoms in total.